The van der Waals surface area contributed by atoms with Crippen molar-refractivity contribution >= 4 is 23.5 Å². The van der Waals surface area contributed by atoms with Gasteiger partial charge in [-0.1, -0.05) is 0 Å². The standard InChI is InChI=1S/C18H29N3O4/c1-12(2)21-11-14(10-17(21)24)18(25)20-8-6-15(7-9-20)19-16(23)5-4-13(3)22/h12,14-15H,4-11H2,1-3H3,(H,19,23). The summed E-state index contributed by atoms with van der Waals surface area (Å²) in [4.78, 5) is 50.9. The average Bonchev–Trinajstić information content (AvgIpc) is 2.95. The number of hydrogen-bond acceptors (Lipinski definition) is 4. The van der Waals surface area contributed by atoms with E-state index in [-0.39, 0.29) is 54.3 Å². The highest BCUT2D eigenvalue weighted by atomic mass is 16.2. The number of likely N-dealkylation sites (tertiary alicyclic amines) is 2. The largest absolute Gasteiger partial charge is 0.353 e. The predicted molar refractivity (Wildman–Crippen MR) is 92.6 cm³/mol. The Morgan fingerprint density at radius 3 is 2.32 bits per heavy atom. The summed E-state index contributed by atoms with van der Waals surface area (Å²) in [6.07, 6.45) is 2.23. The van der Waals surface area contributed by atoms with Gasteiger partial charge in [0.05, 0.1) is 5.92 Å². The molecule has 0 aliphatic carbocycles. The average molecular weight is 351 g/mol. The first kappa shape index (κ1) is 19.4. The van der Waals surface area contributed by atoms with E-state index in [9.17, 15) is 19.2 Å². The summed E-state index contributed by atoms with van der Waals surface area (Å²) in [5.41, 5.74) is 0. The third kappa shape index (κ3) is 5.28. The van der Waals surface area contributed by atoms with E-state index in [2.05, 4.69) is 5.32 Å². The molecule has 2 rings (SSSR count). The van der Waals surface area contributed by atoms with Crippen LogP contribution in [0.15, 0.2) is 0 Å². The number of piperidine rings is 1. The Balaban J connectivity index is 1.76. The van der Waals surface area contributed by atoms with Gasteiger partial charge in [-0.25, -0.2) is 0 Å². The third-order valence-corrected chi connectivity index (χ3v) is 5.01. The predicted octanol–water partition coefficient (Wildman–Crippen LogP) is 0.720. The lowest BCUT2D eigenvalue weighted by atomic mass is 10.0. The van der Waals surface area contributed by atoms with Crippen molar-refractivity contribution in [3.63, 3.8) is 0 Å². The molecule has 0 radical (unpaired) electrons. The summed E-state index contributed by atoms with van der Waals surface area (Å²) < 4.78 is 0. The Labute approximate surface area is 149 Å². The van der Waals surface area contributed by atoms with Crippen molar-refractivity contribution in [1.82, 2.24) is 15.1 Å². The van der Waals surface area contributed by atoms with Gasteiger partial charge in [-0.2, -0.15) is 0 Å². The molecule has 0 aromatic carbocycles. The van der Waals surface area contributed by atoms with Gasteiger partial charge in [0, 0.05) is 51.0 Å². The molecule has 0 aromatic heterocycles. The van der Waals surface area contributed by atoms with Crippen molar-refractivity contribution in [2.75, 3.05) is 19.6 Å². The van der Waals surface area contributed by atoms with E-state index in [0.717, 1.165) is 0 Å². The smallest absolute Gasteiger partial charge is 0.227 e. The van der Waals surface area contributed by atoms with Crippen molar-refractivity contribution in [2.45, 2.75) is 65.0 Å². The minimum atomic E-state index is -0.239. The Morgan fingerprint density at radius 2 is 1.80 bits per heavy atom. The highest BCUT2D eigenvalue weighted by Crippen LogP contribution is 2.23. The van der Waals surface area contributed by atoms with Gasteiger partial charge in [0.2, 0.25) is 17.7 Å². The molecule has 3 amide bonds. The van der Waals surface area contributed by atoms with Crippen molar-refractivity contribution in [3.05, 3.63) is 0 Å². The molecule has 0 spiro atoms. The molecule has 25 heavy (non-hydrogen) atoms. The van der Waals surface area contributed by atoms with Crippen molar-refractivity contribution in [2.24, 2.45) is 5.92 Å². The monoisotopic (exact) mass is 351 g/mol. The number of carbonyl (C=O) groups excluding carboxylic acids is 4. The van der Waals surface area contributed by atoms with Crippen LogP contribution < -0.4 is 5.32 Å². The molecule has 0 saturated carbocycles. The lowest BCUT2D eigenvalue weighted by Crippen LogP contribution is -2.48. The second kappa shape index (κ2) is 8.45. The summed E-state index contributed by atoms with van der Waals surface area (Å²) in [6, 6.07) is 0.183. The lowest BCUT2D eigenvalue weighted by molar-refractivity contribution is -0.137. The molecule has 1 atom stereocenters. The minimum absolute atomic E-state index is 0.0112. The van der Waals surface area contributed by atoms with E-state index in [4.69, 9.17) is 0 Å². The fourth-order valence-electron chi connectivity index (χ4n) is 3.49. The molecule has 1 N–H and O–H groups in total. The van der Waals surface area contributed by atoms with E-state index < -0.39 is 0 Å². The highest BCUT2D eigenvalue weighted by molar-refractivity contribution is 5.89. The summed E-state index contributed by atoms with van der Waals surface area (Å²) in [6.45, 7) is 7.12. The first-order chi connectivity index (χ1) is 11.8. The number of rotatable bonds is 6. The second-order valence-corrected chi connectivity index (χ2v) is 7.41. The molecule has 2 aliphatic rings. The number of Topliss-reactive ketones (excluding diaryl/α,β-unsaturated/α-hetero) is 1. The highest BCUT2D eigenvalue weighted by Gasteiger charge is 2.38. The van der Waals surface area contributed by atoms with E-state index in [1.54, 1.807) is 4.90 Å². The Morgan fingerprint density at radius 1 is 1.16 bits per heavy atom. The molecule has 0 bridgehead atoms. The van der Waals surface area contributed by atoms with Crippen LogP contribution in [-0.4, -0.2) is 65.0 Å². The van der Waals surface area contributed by atoms with Gasteiger partial charge in [0.25, 0.3) is 0 Å². The summed E-state index contributed by atoms with van der Waals surface area (Å²) in [5.74, 6) is -0.221. The zero-order valence-electron chi connectivity index (χ0n) is 15.4. The fraction of sp³-hybridized carbons (Fsp3) is 0.778. The Bertz CT molecular complexity index is 538. The number of ketones is 1. The number of carbonyl (C=O) groups is 4. The molecule has 2 heterocycles. The normalized spacial score (nSPS) is 21.8. The number of hydrogen-bond donors (Lipinski definition) is 1. The van der Waals surface area contributed by atoms with Crippen LogP contribution in [0.2, 0.25) is 0 Å². The topological polar surface area (TPSA) is 86.8 Å². The van der Waals surface area contributed by atoms with Crippen LogP contribution in [0, 0.1) is 5.92 Å². The maximum atomic E-state index is 12.6. The van der Waals surface area contributed by atoms with Crippen molar-refractivity contribution < 1.29 is 19.2 Å². The zero-order valence-corrected chi connectivity index (χ0v) is 15.4. The van der Waals surface area contributed by atoms with Gasteiger partial charge >= 0.3 is 0 Å². The van der Waals surface area contributed by atoms with E-state index in [1.807, 2.05) is 18.7 Å². The van der Waals surface area contributed by atoms with E-state index in [1.165, 1.54) is 6.92 Å². The first-order valence-corrected chi connectivity index (χ1v) is 9.15. The summed E-state index contributed by atoms with van der Waals surface area (Å²) in [5, 5.41) is 2.94. The molecular weight excluding hydrogens is 322 g/mol. The molecule has 1 unspecified atom stereocenters. The molecule has 0 aromatic rings. The maximum absolute atomic E-state index is 12.6. The van der Waals surface area contributed by atoms with Crippen LogP contribution in [0.3, 0.4) is 0 Å². The maximum Gasteiger partial charge on any atom is 0.227 e. The Kier molecular flexibility index (Phi) is 6.56. The fourth-order valence-corrected chi connectivity index (χ4v) is 3.49. The summed E-state index contributed by atoms with van der Waals surface area (Å²) >= 11 is 0. The van der Waals surface area contributed by atoms with Gasteiger partial charge in [0.1, 0.15) is 5.78 Å². The quantitative estimate of drug-likeness (QED) is 0.764. The SMILES string of the molecule is CC(=O)CCC(=O)NC1CCN(C(=O)C2CC(=O)N(C(C)C)C2)CC1. The summed E-state index contributed by atoms with van der Waals surface area (Å²) in [7, 11) is 0. The number of nitrogens with one attached hydrogen (secondary N) is 1. The first-order valence-electron chi connectivity index (χ1n) is 9.15. The van der Waals surface area contributed by atoms with Crippen LogP contribution >= 0.6 is 0 Å². The van der Waals surface area contributed by atoms with E-state index >= 15 is 0 Å². The molecule has 140 valence electrons. The van der Waals surface area contributed by atoms with E-state index in [0.29, 0.717) is 38.9 Å². The molecule has 2 saturated heterocycles. The van der Waals surface area contributed by atoms with Gasteiger partial charge in [0.15, 0.2) is 0 Å². The van der Waals surface area contributed by atoms with Gasteiger partial charge in [-0.15, -0.1) is 0 Å². The van der Waals surface area contributed by atoms with Crippen LogP contribution in [0.5, 0.6) is 0 Å². The molecule has 2 aliphatic heterocycles. The number of amides is 3. The van der Waals surface area contributed by atoms with Gasteiger partial charge < -0.3 is 19.9 Å². The number of nitrogens with zero attached hydrogens (tertiary/aromatic N) is 2. The lowest BCUT2D eigenvalue weighted by Gasteiger charge is -2.34. The Hall–Kier alpha value is -1.92. The minimum Gasteiger partial charge on any atom is -0.353 e. The van der Waals surface area contributed by atoms with Crippen LogP contribution in [0.25, 0.3) is 0 Å². The van der Waals surface area contributed by atoms with Crippen LogP contribution in [0.4, 0.5) is 0 Å². The molecule has 7 heteroatoms. The van der Waals surface area contributed by atoms with Crippen molar-refractivity contribution in [1.29, 1.82) is 0 Å². The molecular formula is C18H29N3O4. The van der Waals surface area contributed by atoms with Gasteiger partial charge in [-0.3, -0.25) is 14.4 Å². The van der Waals surface area contributed by atoms with Crippen molar-refractivity contribution in [3.8, 4) is 0 Å². The van der Waals surface area contributed by atoms with Crippen LogP contribution in [0.1, 0.15) is 52.9 Å². The zero-order chi connectivity index (χ0) is 18.6. The van der Waals surface area contributed by atoms with Crippen LogP contribution in [-0.2, 0) is 19.2 Å². The second-order valence-electron chi connectivity index (χ2n) is 7.41. The molecule has 2 fully saturated rings. The molecule has 7 nitrogen and oxygen atoms in total. The third-order valence-electron chi connectivity index (χ3n) is 5.01. The van der Waals surface area contributed by atoms with Gasteiger partial charge in [-0.05, 0) is 33.6 Å².